The highest BCUT2D eigenvalue weighted by molar-refractivity contribution is 5.73. The number of esters is 1. The molecular formula is C18H24O3. The van der Waals surface area contributed by atoms with Gasteiger partial charge < -0.3 is 9.84 Å². The second kappa shape index (κ2) is 4.34. The zero-order chi connectivity index (χ0) is 14.1. The third kappa shape index (κ3) is 1.61. The second-order valence-corrected chi connectivity index (χ2v) is 8.07. The van der Waals surface area contributed by atoms with Crippen LogP contribution in [0.1, 0.15) is 32.1 Å². The SMILES string of the molecule is O=C1OCCCC1C(O)C1CC2CC1C1C3C=CC(C3)C21. The first kappa shape index (κ1) is 12.7. The van der Waals surface area contributed by atoms with Crippen molar-refractivity contribution in [3.63, 3.8) is 0 Å². The first-order valence-electron chi connectivity index (χ1n) is 8.77. The lowest BCUT2D eigenvalue weighted by Crippen LogP contribution is -2.43. The van der Waals surface area contributed by atoms with Crippen LogP contribution in [0.5, 0.6) is 0 Å². The number of aliphatic hydroxyl groups excluding tert-OH is 1. The topological polar surface area (TPSA) is 46.5 Å². The van der Waals surface area contributed by atoms with Gasteiger partial charge in [-0.05, 0) is 73.5 Å². The number of fused-ring (bicyclic) bond motifs is 9. The standard InChI is InChI=1S/C18H24O3/c19-17(12-2-1-5-21-18(12)20)14-8-11-7-13(14)16-10-4-3-9(6-10)15(11)16/h3-4,9-17,19H,1-2,5-8H2. The summed E-state index contributed by atoms with van der Waals surface area (Å²) in [6, 6.07) is 0. The van der Waals surface area contributed by atoms with E-state index in [4.69, 9.17) is 4.74 Å². The third-order valence-corrected chi connectivity index (χ3v) is 7.38. The van der Waals surface area contributed by atoms with Crippen LogP contribution >= 0.6 is 0 Å². The van der Waals surface area contributed by atoms with Gasteiger partial charge >= 0.3 is 5.97 Å². The summed E-state index contributed by atoms with van der Waals surface area (Å²) >= 11 is 0. The second-order valence-electron chi connectivity index (χ2n) is 8.07. The summed E-state index contributed by atoms with van der Waals surface area (Å²) in [5, 5.41) is 10.8. The van der Waals surface area contributed by atoms with Crippen LogP contribution < -0.4 is 0 Å². The monoisotopic (exact) mass is 288 g/mol. The van der Waals surface area contributed by atoms with E-state index in [0.29, 0.717) is 18.4 Å². The largest absolute Gasteiger partial charge is 0.465 e. The highest BCUT2D eigenvalue weighted by atomic mass is 16.5. The summed E-state index contributed by atoms with van der Waals surface area (Å²) in [6.45, 7) is 0.540. The van der Waals surface area contributed by atoms with Crippen molar-refractivity contribution in [3.05, 3.63) is 12.2 Å². The van der Waals surface area contributed by atoms with Crippen LogP contribution in [0.2, 0.25) is 0 Å². The van der Waals surface area contributed by atoms with Gasteiger partial charge in [0.05, 0.1) is 18.6 Å². The fraction of sp³-hybridized carbons (Fsp3) is 0.833. The molecule has 1 N–H and O–H groups in total. The van der Waals surface area contributed by atoms with Gasteiger partial charge in [-0.2, -0.15) is 0 Å². The van der Waals surface area contributed by atoms with Gasteiger partial charge in [0.25, 0.3) is 0 Å². The number of ether oxygens (including phenoxy) is 1. The van der Waals surface area contributed by atoms with E-state index in [1.165, 1.54) is 12.8 Å². The Morgan fingerprint density at radius 2 is 1.95 bits per heavy atom. The molecule has 1 saturated heterocycles. The molecule has 0 aromatic carbocycles. The number of cyclic esters (lactones) is 1. The quantitative estimate of drug-likeness (QED) is 0.482. The van der Waals surface area contributed by atoms with Crippen LogP contribution in [0.15, 0.2) is 12.2 Å². The van der Waals surface area contributed by atoms with E-state index >= 15 is 0 Å². The van der Waals surface area contributed by atoms with Crippen molar-refractivity contribution in [2.75, 3.05) is 6.61 Å². The Labute approximate surface area is 125 Å². The van der Waals surface area contributed by atoms with Gasteiger partial charge in [-0.1, -0.05) is 12.2 Å². The number of aliphatic hydroxyl groups is 1. The van der Waals surface area contributed by atoms with Crippen LogP contribution in [-0.2, 0) is 9.53 Å². The fourth-order valence-electron chi connectivity index (χ4n) is 6.77. The lowest BCUT2D eigenvalue weighted by atomic mass is 9.66. The smallest absolute Gasteiger partial charge is 0.311 e. The molecule has 3 saturated carbocycles. The van der Waals surface area contributed by atoms with E-state index in [9.17, 15) is 9.90 Å². The lowest BCUT2D eigenvalue weighted by molar-refractivity contribution is -0.160. The normalized spacial score (nSPS) is 54.8. The Morgan fingerprint density at radius 3 is 2.76 bits per heavy atom. The van der Waals surface area contributed by atoms with E-state index in [2.05, 4.69) is 12.2 Å². The molecule has 9 unspecified atom stereocenters. The predicted octanol–water partition coefficient (Wildman–Crippen LogP) is 2.39. The van der Waals surface area contributed by atoms with Gasteiger partial charge in [-0.3, -0.25) is 4.79 Å². The van der Waals surface area contributed by atoms with Crippen LogP contribution in [0.4, 0.5) is 0 Å². The first-order chi connectivity index (χ1) is 10.2. The average molecular weight is 288 g/mol. The minimum atomic E-state index is -0.461. The van der Waals surface area contributed by atoms with Crippen LogP contribution in [0.25, 0.3) is 0 Å². The highest BCUT2D eigenvalue weighted by Crippen LogP contribution is 2.67. The number of hydrogen-bond acceptors (Lipinski definition) is 3. The molecule has 5 aliphatic rings. The van der Waals surface area contributed by atoms with Crippen LogP contribution in [0, 0.1) is 47.3 Å². The van der Waals surface area contributed by atoms with Gasteiger partial charge in [0, 0.05) is 0 Å². The number of rotatable bonds is 2. The van der Waals surface area contributed by atoms with Crippen molar-refractivity contribution in [3.8, 4) is 0 Å². The summed E-state index contributed by atoms with van der Waals surface area (Å²) in [4.78, 5) is 12.0. The Kier molecular flexibility index (Phi) is 2.62. The molecule has 3 heteroatoms. The van der Waals surface area contributed by atoms with Gasteiger partial charge in [0.2, 0.25) is 0 Å². The van der Waals surface area contributed by atoms with E-state index in [1.54, 1.807) is 0 Å². The number of hydrogen-bond donors (Lipinski definition) is 1. The third-order valence-electron chi connectivity index (χ3n) is 7.38. The van der Waals surface area contributed by atoms with Crippen molar-refractivity contribution in [1.82, 2.24) is 0 Å². The minimum Gasteiger partial charge on any atom is -0.465 e. The Balaban J connectivity index is 1.38. The zero-order valence-electron chi connectivity index (χ0n) is 12.4. The molecule has 0 aromatic heterocycles. The van der Waals surface area contributed by atoms with Crippen molar-refractivity contribution < 1.29 is 14.6 Å². The summed E-state index contributed by atoms with van der Waals surface area (Å²) in [6.07, 6.45) is 9.96. The van der Waals surface area contributed by atoms with E-state index < -0.39 is 6.10 Å². The first-order valence-corrected chi connectivity index (χ1v) is 8.77. The summed E-state index contributed by atoms with van der Waals surface area (Å²) in [5.41, 5.74) is 0. The molecule has 3 nitrogen and oxygen atoms in total. The Bertz CT molecular complexity index is 499. The summed E-state index contributed by atoms with van der Waals surface area (Å²) in [5.74, 6) is 4.70. The molecule has 0 radical (unpaired) electrons. The summed E-state index contributed by atoms with van der Waals surface area (Å²) in [7, 11) is 0. The molecule has 0 spiro atoms. The maximum atomic E-state index is 12.0. The van der Waals surface area contributed by atoms with Gasteiger partial charge in [0.1, 0.15) is 0 Å². The molecule has 9 atom stereocenters. The van der Waals surface area contributed by atoms with Crippen molar-refractivity contribution in [2.24, 2.45) is 47.3 Å². The number of carbonyl (C=O) groups is 1. The van der Waals surface area contributed by atoms with Gasteiger partial charge in [0.15, 0.2) is 0 Å². The number of allylic oxidation sites excluding steroid dienone is 2. The van der Waals surface area contributed by atoms with Crippen LogP contribution in [-0.4, -0.2) is 23.8 Å². The maximum absolute atomic E-state index is 12.0. The van der Waals surface area contributed by atoms with E-state index in [1.807, 2.05) is 0 Å². The predicted molar refractivity (Wildman–Crippen MR) is 77.1 cm³/mol. The molecule has 4 aliphatic carbocycles. The molecule has 114 valence electrons. The average Bonchev–Trinajstić information content (AvgIpc) is 3.24. The molecular weight excluding hydrogens is 264 g/mol. The van der Waals surface area contributed by atoms with Crippen molar-refractivity contribution in [2.45, 2.75) is 38.2 Å². The molecule has 1 aliphatic heterocycles. The highest BCUT2D eigenvalue weighted by Gasteiger charge is 2.62. The molecule has 0 aromatic rings. The number of carbonyl (C=O) groups excluding carboxylic acids is 1. The van der Waals surface area contributed by atoms with E-state index in [-0.39, 0.29) is 11.9 Å². The van der Waals surface area contributed by atoms with Crippen molar-refractivity contribution in [1.29, 1.82) is 0 Å². The minimum absolute atomic E-state index is 0.152. The van der Waals surface area contributed by atoms with Crippen LogP contribution in [0.3, 0.4) is 0 Å². The Hall–Kier alpha value is -0.830. The Morgan fingerprint density at radius 1 is 1.14 bits per heavy atom. The van der Waals surface area contributed by atoms with E-state index in [0.717, 1.165) is 48.9 Å². The molecule has 21 heavy (non-hydrogen) atoms. The van der Waals surface area contributed by atoms with Crippen molar-refractivity contribution >= 4 is 5.97 Å². The lowest BCUT2D eigenvalue weighted by Gasteiger charge is -2.40. The molecule has 4 fully saturated rings. The van der Waals surface area contributed by atoms with Gasteiger partial charge in [-0.15, -0.1) is 0 Å². The summed E-state index contributed by atoms with van der Waals surface area (Å²) < 4.78 is 5.18. The van der Waals surface area contributed by atoms with Gasteiger partial charge in [-0.25, -0.2) is 0 Å². The maximum Gasteiger partial charge on any atom is 0.311 e. The molecule has 5 rings (SSSR count). The molecule has 1 heterocycles. The fourth-order valence-corrected chi connectivity index (χ4v) is 6.77. The molecule has 4 bridgehead atoms. The molecule has 0 amide bonds. The zero-order valence-corrected chi connectivity index (χ0v) is 12.4.